The van der Waals surface area contributed by atoms with Gasteiger partial charge in [-0.15, -0.1) is 0 Å². The van der Waals surface area contributed by atoms with Gasteiger partial charge in [0.05, 0.1) is 0 Å². The average molecular weight is 926 g/mol. The fourth-order valence-electron chi connectivity index (χ4n) is 8.21. The third kappa shape index (κ3) is 52.3. The Hall–Kier alpha value is -2.63. The minimum Gasteiger partial charge on any atom is -0.462 e. The van der Waals surface area contributed by atoms with E-state index in [4.69, 9.17) is 14.2 Å². The van der Waals surface area contributed by atoms with Crippen molar-refractivity contribution in [1.82, 2.24) is 0 Å². The zero-order chi connectivity index (χ0) is 47.9. The summed E-state index contributed by atoms with van der Waals surface area (Å²) in [5.74, 6) is -0.885. The van der Waals surface area contributed by atoms with Gasteiger partial charge in [0.2, 0.25) is 0 Å². The highest BCUT2D eigenvalue weighted by molar-refractivity contribution is 5.71. The van der Waals surface area contributed by atoms with Gasteiger partial charge in [-0.2, -0.15) is 0 Å². The van der Waals surface area contributed by atoms with Crippen LogP contribution in [-0.4, -0.2) is 37.2 Å². The molecular formula is C60H108O6. The van der Waals surface area contributed by atoms with Gasteiger partial charge < -0.3 is 14.2 Å². The van der Waals surface area contributed by atoms with Crippen molar-refractivity contribution in [3.05, 3.63) is 48.6 Å². The van der Waals surface area contributed by atoms with Gasteiger partial charge >= 0.3 is 17.9 Å². The number of ether oxygens (including phenoxy) is 3. The van der Waals surface area contributed by atoms with Gasteiger partial charge in [-0.1, -0.05) is 243 Å². The Labute approximate surface area is 409 Å². The fraction of sp³-hybridized carbons (Fsp3) is 0.817. The van der Waals surface area contributed by atoms with Gasteiger partial charge in [0.15, 0.2) is 6.10 Å². The molecule has 0 saturated heterocycles. The van der Waals surface area contributed by atoms with Crippen LogP contribution in [0.3, 0.4) is 0 Å². The van der Waals surface area contributed by atoms with Crippen LogP contribution in [0.4, 0.5) is 0 Å². The molecule has 0 spiro atoms. The Kier molecular flexibility index (Phi) is 52.8. The SMILES string of the molecule is CCCCC/C=C/C/C=C/CCCCCCCCCC(=O)OC[C@@H](COC(=O)CCCCCCC/C=C/C/C=C/CCCCC)OC(=O)CCCCCCCCCCCCCCCCCC. The first-order valence-electron chi connectivity index (χ1n) is 28.6. The number of carbonyl (C=O) groups excluding carboxylic acids is 3. The Morgan fingerprint density at radius 2 is 0.545 bits per heavy atom. The highest BCUT2D eigenvalue weighted by Crippen LogP contribution is 2.16. The summed E-state index contributed by atoms with van der Waals surface area (Å²) in [5.41, 5.74) is 0. The molecule has 0 heterocycles. The van der Waals surface area contributed by atoms with E-state index in [1.165, 1.54) is 167 Å². The fourth-order valence-corrected chi connectivity index (χ4v) is 8.21. The van der Waals surface area contributed by atoms with E-state index in [-0.39, 0.29) is 31.1 Å². The molecule has 0 unspecified atom stereocenters. The molecule has 0 amide bonds. The normalized spacial score (nSPS) is 12.3. The lowest BCUT2D eigenvalue weighted by molar-refractivity contribution is -0.167. The Morgan fingerprint density at radius 1 is 0.303 bits per heavy atom. The lowest BCUT2D eigenvalue weighted by Crippen LogP contribution is -2.30. The van der Waals surface area contributed by atoms with Crippen molar-refractivity contribution in [2.24, 2.45) is 0 Å². The Bertz CT molecular complexity index is 1150. The third-order valence-electron chi connectivity index (χ3n) is 12.6. The lowest BCUT2D eigenvalue weighted by atomic mass is 10.0. The molecule has 0 radical (unpaired) electrons. The van der Waals surface area contributed by atoms with Crippen LogP contribution in [0.5, 0.6) is 0 Å². The summed E-state index contributed by atoms with van der Waals surface area (Å²) in [6.07, 6.45) is 66.6. The number of unbranched alkanes of at least 4 members (excludes halogenated alkanes) is 33. The molecule has 0 aliphatic heterocycles. The molecule has 0 aliphatic carbocycles. The van der Waals surface area contributed by atoms with Gasteiger partial charge in [0, 0.05) is 19.3 Å². The number of carbonyl (C=O) groups is 3. The molecule has 0 aromatic carbocycles. The van der Waals surface area contributed by atoms with Gasteiger partial charge in [-0.3, -0.25) is 14.4 Å². The first-order valence-corrected chi connectivity index (χ1v) is 28.6. The van der Waals surface area contributed by atoms with Crippen LogP contribution in [0.2, 0.25) is 0 Å². The molecule has 1 atom stereocenters. The number of hydrogen-bond donors (Lipinski definition) is 0. The van der Waals surface area contributed by atoms with Crippen molar-refractivity contribution >= 4 is 17.9 Å². The summed E-state index contributed by atoms with van der Waals surface area (Å²) in [5, 5.41) is 0. The largest absolute Gasteiger partial charge is 0.462 e. The maximum Gasteiger partial charge on any atom is 0.306 e. The second-order valence-corrected chi connectivity index (χ2v) is 19.2. The quantitative estimate of drug-likeness (QED) is 0.0262. The zero-order valence-electron chi connectivity index (χ0n) is 44.0. The van der Waals surface area contributed by atoms with Crippen LogP contribution in [0.25, 0.3) is 0 Å². The predicted molar refractivity (Wildman–Crippen MR) is 284 cm³/mol. The summed E-state index contributed by atoms with van der Waals surface area (Å²) in [6.45, 7) is 6.60. The monoisotopic (exact) mass is 925 g/mol. The van der Waals surface area contributed by atoms with E-state index < -0.39 is 6.10 Å². The average Bonchev–Trinajstić information content (AvgIpc) is 3.31. The molecule has 66 heavy (non-hydrogen) atoms. The van der Waals surface area contributed by atoms with E-state index in [0.717, 1.165) is 89.9 Å². The van der Waals surface area contributed by atoms with Gasteiger partial charge in [-0.05, 0) is 83.5 Å². The van der Waals surface area contributed by atoms with Crippen LogP contribution in [0.15, 0.2) is 48.6 Å². The van der Waals surface area contributed by atoms with Crippen molar-refractivity contribution in [3.8, 4) is 0 Å². The minimum atomic E-state index is -0.780. The molecule has 0 aromatic rings. The molecule has 6 heteroatoms. The van der Waals surface area contributed by atoms with E-state index in [2.05, 4.69) is 69.4 Å². The van der Waals surface area contributed by atoms with E-state index >= 15 is 0 Å². The van der Waals surface area contributed by atoms with E-state index in [1.807, 2.05) is 0 Å². The topological polar surface area (TPSA) is 78.9 Å². The lowest BCUT2D eigenvalue weighted by Gasteiger charge is -2.18. The summed E-state index contributed by atoms with van der Waals surface area (Å²) >= 11 is 0. The number of esters is 3. The zero-order valence-corrected chi connectivity index (χ0v) is 44.0. The molecule has 0 bridgehead atoms. The van der Waals surface area contributed by atoms with Crippen molar-refractivity contribution in [2.75, 3.05) is 13.2 Å². The number of rotatable bonds is 52. The molecule has 0 aromatic heterocycles. The van der Waals surface area contributed by atoms with Gasteiger partial charge in [-0.25, -0.2) is 0 Å². The summed E-state index contributed by atoms with van der Waals surface area (Å²) in [7, 11) is 0. The van der Waals surface area contributed by atoms with Gasteiger partial charge in [0.1, 0.15) is 13.2 Å². The Morgan fingerprint density at radius 3 is 0.864 bits per heavy atom. The predicted octanol–water partition coefficient (Wildman–Crippen LogP) is 19.0. The molecule has 0 aliphatic rings. The smallest absolute Gasteiger partial charge is 0.306 e. The molecular weight excluding hydrogens is 817 g/mol. The molecule has 0 saturated carbocycles. The summed E-state index contributed by atoms with van der Waals surface area (Å²) in [6, 6.07) is 0. The molecule has 6 nitrogen and oxygen atoms in total. The van der Waals surface area contributed by atoms with Crippen LogP contribution in [0.1, 0.15) is 297 Å². The number of hydrogen-bond acceptors (Lipinski definition) is 6. The Balaban J connectivity index is 4.38. The molecule has 0 rings (SSSR count). The number of allylic oxidation sites excluding steroid dienone is 8. The van der Waals surface area contributed by atoms with Crippen LogP contribution in [-0.2, 0) is 28.6 Å². The van der Waals surface area contributed by atoms with Crippen LogP contribution < -0.4 is 0 Å². The van der Waals surface area contributed by atoms with E-state index in [9.17, 15) is 14.4 Å². The standard InChI is InChI=1S/C60H108O6/c1-4-7-10-13-16-19-22-25-28-30-33-35-38-41-44-47-50-53-59(62)65-56-57(55-64-58(61)52-49-46-43-40-37-34-31-27-24-21-18-15-12-9-6-3)66-60(63)54-51-48-45-42-39-36-32-29-26-23-20-17-14-11-8-5-2/h16,18-19,21,25,27-28,31,57H,4-15,17,20,22-24,26,29-30,32-56H2,1-3H3/b19-16+,21-18+,28-25+,31-27+/t57-/m1/s1. The second-order valence-electron chi connectivity index (χ2n) is 19.2. The minimum absolute atomic E-state index is 0.0792. The molecule has 0 fully saturated rings. The first kappa shape index (κ1) is 63.4. The maximum atomic E-state index is 12.8. The van der Waals surface area contributed by atoms with Crippen LogP contribution in [0, 0.1) is 0 Å². The highest BCUT2D eigenvalue weighted by atomic mass is 16.6. The van der Waals surface area contributed by atoms with E-state index in [1.54, 1.807) is 0 Å². The summed E-state index contributed by atoms with van der Waals surface area (Å²) in [4.78, 5) is 38.1. The third-order valence-corrected chi connectivity index (χ3v) is 12.6. The maximum absolute atomic E-state index is 12.8. The molecule has 384 valence electrons. The van der Waals surface area contributed by atoms with Gasteiger partial charge in [0.25, 0.3) is 0 Å². The van der Waals surface area contributed by atoms with Crippen LogP contribution >= 0.6 is 0 Å². The van der Waals surface area contributed by atoms with Crippen molar-refractivity contribution in [2.45, 2.75) is 303 Å². The van der Waals surface area contributed by atoms with Crippen molar-refractivity contribution in [3.63, 3.8) is 0 Å². The highest BCUT2D eigenvalue weighted by Gasteiger charge is 2.19. The molecule has 0 N–H and O–H groups in total. The van der Waals surface area contributed by atoms with Crippen molar-refractivity contribution < 1.29 is 28.6 Å². The first-order chi connectivity index (χ1) is 32.5. The second kappa shape index (κ2) is 55.0. The van der Waals surface area contributed by atoms with E-state index in [0.29, 0.717) is 19.3 Å². The van der Waals surface area contributed by atoms with Crippen molar-refractivity contribution in [1.29, 1.82) is 0 Å². The summed E-state index contributed by atoms with van der Waals surface area (Å²) < 4.78 is 16.9.